The lowest BCUT2D eigenvalue weighted by molar-refractivity contribution is 0.624. The molecule has 0 atom stereocenters. The van der Waals surface area contributed by atoms with Crippen molar-refractivity contribution in [3.05, 3.63) is 30.1 Å². The maximum atomic E-state index is 12.5. The van der Waals surface area contributed by atoms with Crippen LogP contribution in [0.15, 0.2) is 29.2 Å². The number of benzene rings is 1. The van der Waals surface area contributed by atoms with E-state index in [1.54, 1.807) is 27.7 Å². The summed E-state index contributed by atoms with van der Waals surface area (Å²) in [6, 6.07) is 6.59. The minimum absolute atomic E-state index is 0.168. The van der Waals surface area contributed by atoms with Crippen molar-refractivity contribution in [2.24, 2.45) is 0 Å². The molecule has 0 nitrogen and oxygen atoms in total. The first-order valence-corrected chi connectivity index (χ1v) is 5.35. The van der Waals surface area contributed by atoms with Crippen molar-refractivity contribution < 1.29 is 4.39 Å². The Labute approximate surface area is 67.6 Å². The molecule has 3 heteroatoms. The zero-order valence-electron chi connectivity index (χ0n) is 5.50. The monoisotopic (exact) mass is 174 g/mol. The van der Waals surface area contributed by atoms with Crippen molar-refractivity contribution in [2.75, 3.05) is 6.26 Å². The standard InChI is InChI=1S/C7H7FS2/c1-9-10-7-4-2-3-6(8)5-7/h2-5H,1H3. The van der Waals surface area contributed by atoms with E-state index in [-0.39, 0.29) is 5.82 Å². The topological polar surface area (TPSA) is 0 Å². The molecule has 0 saturated heterocycles. The third-order valence-electron chi connectivity index (χ3n) is 0.976. The largest absolute Gasteiger partial charge is 0.207 e. The summed E-state index contributed by atoms with van der Waals surface area (Å²) in [4.78, 5) is 0.965. The number of hydrogen-bond donors (Lipinski definition) is 0. The van der Waals surface area contributed by atoms with E-state index in [4.69, 9.17) is 0 Å². The summed E-state index contributed by atoms with van der Waals surface area (Å²) in [5, 5.41) is 0. The van der Waals surface area contributed by atoms with E-state index in [1.165, 1.54) is 12.1 Å². The lowest BCUT2D eigenvalue weighted by Gasteiger charge is -1.94. The highest BCUT2D eigenvalue weighted by Gasteiger charge is 1.92. The molecule has 10 heavy (non-hydrogen) atoms. The third-order valence-corrected chi connectivity index (χ3v) is 2.67. The Balaban J connectivity index is 2.75. The van der Waals surface area contributed by atoms with Crippen LogP contribution in [-0.2, 0) is 0 Å². The summed E-state index contributed by atoms with van der Waals surface area (Å²) < 4.78 is 12.5. The summed E-state index contributed by atoms with van der Waals surface area (Å²) >= 11 is 0. The van der Waals surface area contributed by atoms with E-state index in [1.807, 2.05) is 12.3 Å². The highest BCUT2D eigenvalue weighted by atomic mass is 33.1. The van der Waals surface area contributed by atoms with Gasteiger partial charge in [-0.3, -0.25) is 0 Å². The molecule has 54 valence electrons. The molecule has 0 heterocycles. The SMILES string of the molecule is CSSc1cccc(F)c1. The Kier molecular flexibility index (Phi) is 3.09. The molecule has 0 fully saturated rings. The molecule has 1 rings (SSSR count). The van der Waals surface area contributed by atoms with Gasteiger partial charge in [-0.15, -0.1) is 0 Å². The second-order valence-electron chi connectivity index (χ2n) is 1.71. The Morgan fingerprint density at radius 2 is 2.20 bits per heavy atom. The minimum Gasteiger partial charge on any atom is -0.207 e. The van der Waals surface area contributed by atoms with Gasteiger partial charge in [-0.2, -0.15) is 0 Å². The highest BCUT2D eigenvalue weighted by molar-refractivity contribution is 8.76. The lowest BCUT2D eigenvalue weighted by Crippen LogP contribution is -1.71. The van der Waals surface area contributed by atoms with Gasteiger partial charge in [-0.05, 0) is 24.5 Å². The van der Waals surface area contributed by atoms with Gasteiger partial charge >= 0.3 is 0 Å². The van der Waals surface area contributed by atoms with Crippen molar-refractivity contribution in [2.45, 2.75) is 4.90 Å². The van der Waals surface area contributed by atoms with E-state index in [2.05, 4.69) is 0 Å². The van der Waals surface area contributed by atoms with E-state index >= 15 is 0 Å². The molecule has 0 radical (unpaired) electrons. The molecule has 0 spiro atoms. The predicted molar refractivity (Wildman–Crippen MR) is 45.8 cm³/mol. The number of hydrogen-bond acceptors (Lipinski definition) is 2. The molecule has 0 bridgehead atoms. The van der Waals surface area contributed by atoms with Crippen LogP contribution in [0.2, 0.25) is 0 Å². The van der Waals surface area contributed by atoms with Crippen LogP contribution in [0.4, 0.5) is 4.39 Å². The molecular formula is C7H7FS2. The summed E-state index contributed by atoms with van der Waals surface area (Å²) in [7, 11) is 3.18. The summed E-state index contributed by atoms with van der Waals surface area (Å²) in [6.07, 6.45) is 1.97. The molecule has 0 aliphatic heterocycles. The van der Waals surface area contributed by atoms with Gasteiger partial charge in [0, 0.05) is 4.90 Å². The van der Waals surface area contributed by atoms with Crippen molar-refractivity contribution in [3.63, 3.8) is 0 Å². The van der Waals surface area contributed by atoms with Crippen molar-refractivity contribution >= 4 is 21.6 Å². The van der Waals surface area contributed by atoms with E-state index in [0.717, 1.165) is 4.90 Å². The van der Waals surface area contributed by atoms with E-state index in [9.17, 15) is 4.39 Å². The summed E-state index contributed by atoms with van der Waals surface area (Å²) in [6.45, 7) is 0. The first-order valence-electron chi connectivity index (χ1n) is 2.79. The normalized spacial score (nSPS) is 9.80. The molecule has 0 N–H and O–H groups in total. The number of rotatable bonds is 2. The van der Waals surface area contributed by atoms with Crippen molar-refractivity contribution in [3.8, 4) is 0 Å². The minimum atomic E-state index is -0.168. The number of halogens is 1. The Morgan fingerprint density at radius 1 is 1.40 bits per heavy atom. The van der Waals surface area contributed by atoms with Gasteiger partial charge in [0.05, 0.1) is 0 Å². The van der Waals surface area contributed by atoms with Crippen LogP contribution in [0, 0.1) is 5.82 Å². The van der Waals surface area contributed by atoms with Crippen LogP contribution in [0.1, 0.15) is 0 Å². The van der Waals surface area contributed by atoms with Gasteiger partial charge < -0.3 is 0 Å². The average Bonchev–Trinajstić information content (AvgIpc) is 1.88. The molecule has 0 aliphatic carbocycles. The van der Waals surface area contributed by atoms with Gasteiger partial charge in [-0.25, -0.2) is 4.39 Å². The van der Waals surface area contributed by atoms with Gasteiger partial charge in [0.25, 0.3) is 0 Å². The van der Waals surface area contributed by atoms with Gasteiger partial charge in [0.15, 0.2) is 0 Å². The highest BCUT2D eigenvalue weighted by Crippen LogP contribution is 2.28. The van der Waals surface area contributed by atoms with Crippen LogP contribution in [-0.4, -0.2) is 6.26 Å². The van der Waals surface area contributed by atoms with Crippen LogP contribution in [0.25, 0.3) is 0 Å². The first-order chi connectivity index (χ1) is 4.83. The predicted octanol–water partition coefficient (Wildman–Crippen LogP) is 3.20. The molecule has 0 aliphatic rings. The van der Waals surface area contributed by atoms with Gasteiger partial charge in [-0.1, -0.05) is 27.7 Å². The summed E-state index contributed by atoms with van der Waals surface area (Å²) in [5.41, 5.74) is 0. The Hall–Kier alpha value is -0.150. The summed E-state index contributed by atoms with van der Waals surface area (Å²) in [5.74, 6) is -0.168. The molecular weight excluding hydrogens is 167 g/mol. The molecule has 0 amide bonds. The fraction of sp³-hybridized carbons (Fsp3) is 0.143. The molecule has 1 aromatic carbocycles. The second kappa shape index (κ2) is 3.88. The smallest absolute Gasteiger partial charge is 0.124 e. The quantitative estimate of drug-likeness (QED) is 0.631. The van der Waals surface area contributed by atoms with Crippen LogP contribution >= 0.6 is 21.6 Å². The average molecular weight is 174 g/mol. The Bertz CT molecular complexity index is 213. The fourth-order valence-corrected chi connectivity index (χ4v) is 1.99. The van der Waals surface area contributed by atoms with Gasteiger partial charge in [0.2, 0.25) is 0 Å². The zero-order chi connectivity index (χ0) is 7.40. The van der Waals surface area contributed by atoms with Gasteiger partial charge in [0.1, 0.15) is 5.82 Å². The van der Waals surface area contributed by atoms with Crippen molar-refractivity contribution in [1.29, 1.82) is 0 Å². The van der Waals surface area contributed by atoms with Crippen LogP contribution in [0.5, 0.6) is 0 Å². The van der Waals surface area contributed by atoms with Crippen LogP contribution in [0.3, 0.4) is 0 Å². The first kappa shape index (κ1) is 7.95. The molecule has 1 aromatic rings. The maximum Gasteiger partial charge on any atom is 0.124 e. The molecule has 0 unspecified atom stereocenters. The molecule has 0 saturated carbocycles. The van der Waals surface area contributed by atoms with E-state index in [0.29, 0.717) is 0 Å². The maximum absolute atomic E-state index is 12.5. The second-order valence-corrected chi connectivity index (χ2v) is 4.18. The third kappa shape index (κ3) is 2.23. The van der Waals surface area contributed by atoms with Crippen LogP contribution < -0.4 is 0 Å². The fourth-order valence-electron chi connectivity index (χ4n) is 0.615. The van der Waals surface area contributed by atoms with E-state index < -0.39 is 0 Å². The van der Waals surface area contributed by atoms with Crippen molar-refractivity contribution in [1.82, 2.24) is 0 Å². The zero-order valence-corrected chi connectivity index (χ0v) is 7.14. The molecule has 0 aromatic heterocycles. The lowest BCUT2D eigenvalue weighted by atomic mass is 10.4. The Morgan fingerprint density at radius 3 is 2.80 bits per heavy atom.